The van der Waals surface area contributed by atoms with Crippen LogP contribution in [0.25, 0.3) is 0 Å². The molecule has 3 aliphatic rings. The number of aliphatic imine (C=N–C) groups is 1. The number of para-hydroxylation sites is 1. The first-order valence-electron chi connectivity index (χ1n) is 9.05. The van der Waals surface area contributed by atoms with Gasteiger partial charge in [-0.2, -0.15) is 0 Å². The van der Waals surface area contributed by atoms with Crippen LogP contribution in [-0.2, 0) is 11.2 Å². The van der Waals surface area contributed by atoms with Gasteiger partial charge in [-0.25, -0.2) is 0 Å². The summed E-state index contributed by atoms with van der Waals surface area (Å²) < 4.78 is 0. The number of halogens is 1. The standard InChI is InChI=1S/C19H26N4O.HI/c1-20-18(22-12-10-19(14-22)8-4-9-19)21-13-17(24)23-11-7-15-5-2-3-6-16(15)23;/h2-3,5-6H,4,7-14H2,1H3,(H,20,21);1H. The van der Waals surface area contributed by atoms with Crippen molar-refractivity contribution in [2.75, 3.05) is 38.1 Å². The second-order valence-electron chi connectivity index (χ2n) is 7.35. The van der Waals surface area contributed by atoms with E-state index in [1.807, 2.05) is 30.1 Å². The molecule has 4 rings (SSSR count). The van der Waals surface area contributed by atoms with Crippen LogP contribution in [0, 0.1) is 5.41 Å². The van der Waals surface area contributed by atoms with Gasteiger partial charge in [0.05, 0.1) is 6.54 Å². The fraction of sp³-hybridized carbons (Fsp3) is 0.579. The summed E-state index contributed by atoms with van der Waals surface area (Å²) in [6, 6.07) is 8.18. The van der Waals surface area contributed by atoms with Gasteiger partial charge in [-0.15, -0.1) is 24.0 Å². The van der Waals surface area contributed by atoms with E-state index in [1.54, 1.807) is 0 Å². The first kappa shape index (κ1) is 18.5. The zero-order valence-electron chi connectivity index (χ0n) is 14.8. The maximum Gasteiger partial charge on any atom is 0.246 e. The van der Waals surface area contributed by atoms with E-state index in [4.69, 9.17) is 0 Å². The molecule has 1 saturated carbocycles. The summed E-state index contributed by atoms with van der Waals surface area (Å²) >= 11 is 0. The molecule has 2 heterocycles. The van der Waals surface area contributed by atoms with Crippen LogP contribution in [0.5, 0.6) is 0 Å². The molecule has 1 saturated heterocycles. The number of hydrogen-bond donors (Lipinski definition) is 1. The molecular formula is C19H27IN4O. The number of anilines is 1. The summed E-state index contributed by atoms with van der Waals surface area (Å²) in [7, 11) is 1.81. The summed E-state index contributed by atoms with van der Waals surface area (Å²) in [4.78, 5) is 21.2. The SMILES string of the molecule is CN=C(NCC(=O)N1CCc2ccccc21)N1CCC2(CCC2)C1.I. The summed E-state index contributed by atoms with van der Waals surface area (Å²) in [6.07, 6.45) is 6.28. The molecule has 0 atom stereocenters. The lowest BCUT2D eigenvalue weighted by Crippen LogP contribution is -2.46. The number of fused-ring (bicyclic) bond motifs is 1. The molecule has 1 amide bonds. The fourth-order valence-electron chi connectivity index (χ4n) is 4.38. The molecule has 2 aliphatic heterocycles. The summed E-state index contributed by atoms with van der Waals surface area (Å²) in [5.41, 5.74) is 2.87. The number of hydrogen-bond acceptors (Lipinski definition) is 2. The van der Waals surface area contributed by atoms with Gasteiger partial charge in [0.2, 0.25) is 5.91 Å². The molecule has 6 heteroatoms. The zero-order chi connectivity index (χ0) is 16.6. The molecule has 1 aromatic carbocycles. The molecule has 0 aromatic heterocycles. The van der Waals surface area contributed by atoms with E-state index >= 15 is 0 Å². The first-order valence-corrected chi connectivity index (χ1v) is 9.05. The van der Waals surface area contributed by atoms with Gasteiger partial charge in [-0.1, -0.05) is 24.6 Å². The predicted molar refractivity (Wildman–Crippen MR) is 112 cm³/mol. The number of benzene rings is 1. The lowest BCUT2D eigenvalue weighted by atomic mass is 9.68. The van der Waals surface area contributed by atoms with Crippen molar-refractivity contribution in [1.29, 1.82) is 0 Å². The smallest absolute Gasteiger partial charge is 0.246 e. The largest absolute Gasteiger partial charge is 0.347 e. The van der Waals surface area contributed by atoms with Gasteiger partial charge in [-0.3, -0.25) is 9.79 Å². The van der Waals surface area contributed by atoms with Crippen LogP contribution in [0.2, 0.25) is 0 Å². The molecule has 1 aromatic rings. The number of amides is 1. The molecule has 1 aliphatic carbocycles. The van der Waals surface area contributed by atoms with E-state index in [0.717, 1.165) is 37.7 Å². The highest BCUT2D eigenvalue weighted by Gasteiger charge is 2.43. The number of carbonyl (C=O) groups excluding carboxylic acids is 1. The van der Waals surface area contributed by atoms with Gasteiger partial charge in [0.25, 0.3) is 0 Å². The van der Waals surface area contributed by atoms with Crippen LogP contribution in [0.1, 0.15) is 31.2 Å². The van der Waals surface area contributed by atoms with Crippen LogP contribution in [0.15, 0.2) is 29.3 Å². The molecule has 25 heavy (non-hydrogen) atoms. The van der Waals surface area contributed by atoms with E-state index in [2.05, 4.69) is 21.3 Å². The minimum Gasteiger partial charge on any atom is -0.347 e. The Kier molecular flexibility index (Phi) is 5.55. The highest BCUT2D eigenvalue weighted by atomic mass is 127. The highest BCUT2D eigenvalue weighted by molar-refractivity contribution is 14.0. The van der Waals surface area contributed by atoms with Crippen molar-refractivity contribution in [2.24, 2.45) is 10.4 Å². The lowest BCUT2D eigenvalue weighted by molar-refractivity contribution is -0.117. The number of nitrogens with zero attached hydrogens (tertiary/aromatic N) is 3. The Balaban J connectivity index is 0.00000182. The molecule has 1 spiro atoms. The van der Waals surface area contributed by atoms with Gasteiger partial charge < -0.3 is 15.1 Å². The average molecular weight is 454 g/mol. The van der Waals surface area contributed by atoms with E-state index in [9.17, 15) is 4.79 Å². The van der Waals surface area contributed by atoms with Gasteiger partial charge >= 0.3 is 0 Å². The van der Waals surface area contributed by atoms with Gasteiger partial charge in [0.15, 0.2) is 5.96 Å². The second-order valence-corrected chi connectivity index (χ2v) is 7.35. The summed E-state index contributed by atoms with van der Waals surface area (Å²) in [6.45, 7) is 3.24. The minimum atomic E-state index is 0. The number of carbonyl (C=O) groups is 1. The van der Waals surface area contributed by atoms with E-state index in [-0.39, 0.29) is 29.9 Å². The number of guanidine groups is 1. The molecule has 1 N–H and O–H groups in total. The zero-order valence-corrected chi connectivity index (χ0v) is 17.2. The Bertz CT molecular complexity index is 671. The van der Waals surface area contributed by atoms with Gasteiger partial charge in [-0.05, 0) is 42.7 Å². The van der Waals surface area contributed by atoms with Crippen molar-refractivity contribution in [2.45, 2.75) is 32.1 Å². The Morgan fingerprint density at radius 3 is 2.72 bits per heavy atom. The van der Waals surface area contributed by atoms with Crippen LogP contribution in [0.3, 0.4) is 0 Å². The topological polar surface area (TPSA) is 47.9 Å². The van der Waals surface area contributed by atoms with Crippen LogP contribution in [0.4, 0.5) is 5.69 Å². The maximum absolute atomic E-state index is 12.6. The molecule has 0 unspecified atom stereocenters. The summed E-state index contributed by atoms with van der Waals surface area (Å²) in [5.74, 6) is 0.998. The quantitative estimate of drug-likeness (QED) is 0.425. The van der Waals surface area contributed by atoms with Crippen molar-refractivity contribution in [3.05, 3.63) is 29.8 Å². The number of rotatable bonds is 2. The van der Waals surface area contributed by atoms with Gasteiger partial charge in [0.1, 0.15) is 0 Å². The normalized spacial score (nSPS) is 20.9. The van der Waals surface area contributed by atoms with Crippen molar-refractivity contribution >= 4 is 41.5 Å². The third-order valence-corrected chi connectivity index (χ3v) is 5.95. The van der Waals surface area contributed by atoms with E-state index < -0.39 is 0 Å². The molecule has 136 valence electrons. The second kappa shape index (κ2) is 7.51. The fourth-order valence-corrected chi connectivity index (χ4v) is 4.38. The van der Waals surface area contributed by atoms with Crippen LogP contribution < -0.4 is 10.2 Å². The minimum absolute atomic E-state index is 0. The van der Waals surface area contributed by atoms with Crippen molar-refractivity contribution in [1.82, 2.24) is 10.2 Å². The van der Waals surface area contributed by atoms with E-state index in [0.29, 0.717) is 12.0 Å². The molecular weight excluding hydrogens is 427 g/mol. The Morgan fingerprint density at radius 2 is 2.04 bits per heavy atom. The van der Waals surface area contributed by atoms with Gasteiger partial charge in [0, 0.05) is 32.4 Å². The third-order valence-electron chi connectivity index (χ3n) is 5.95. The Labute approximate surface area is 166 Å². The number of nitrogens with one attached hydrogen (secondary N) is 1. The predicted octanol–water partition coefficient (Wildman–Crippen LogP) is 2.65. The third kappa shape index (κ3) is 3.50. The molecule has 0 radical (unpaired) electrons. The molecule has 2 fully saturated rings. The Morgan fingerprint density at radius 1 is 1.24 bits per heavy atom. The van der Waals surface area contributed by atoms with E-state index in [1.165, 1.54) is 31.2 Å². The Hall–Kier alpha value is -1.31. The number of likely N-dealkylation sites (tertiary alicyclic amines) is 1. The molecule has 5 nitrogen and oxygen atoms in total. The lowest BCUT2D eigenvalue weighted by Gasteiger charge is -2.38. The van der Waals surface area contributed by atoms with Crippen molar-refractivity contribution in [3.8, 4) is 0 Å². The van der Waals surface area contributed by atoms with Crippen molar-refractivity contribution < 1.29 is 4.79 Å². The maximum atomic E-state index is 12.6. The average Bonchev–Trinajstić information content (AvgIpc) is 3.20. The van der Waals surface area contributed by atoms with Crippen LogP contribution in [-0.4, -0.2) is 50.0 Å². The van der Waals surface area contributed by atoms with Crippen molar-refractivity contribution in [3.63, 3.8) is 0 Å². The van der Waals surface area contributed by atoms with Crippen LogP contribution >= 0.6 is 24.0 Å². The first-order chi connectivity index (χ1) is 11.7. The highest BCUT2D eigenvalue weighted by Crippen LogP contribution is 2.47. The monoisotopic (exact) mass is 454 g/mol. The summed E-state index contributed by atoms with van der Waals surface area (Å²) in [5, 5.41) is 3.29. The molecule has 0 bridgehead atoms.